The summed E-state index contributed by atoms with van der Waals surface area (Å²) in [7, 11) is 0. The van der Waals surface area contributed by atoms with Gasteiger partial charge in [0.05, 0.1) is 17.9 Å². The molecule has 3 atom stereocenters. The highest BCUT2D eigenvalue weighted by Gasteiger charge is 2.46. The maximum Gasteiger partial charge on any atom is 0.416 e. The van der Waals surface area contributed by atoms with E-state index in [0.717, 1.165) is 17.7 Å². The maximum atomic E-state index is 13.3. The van der Waals surface area contributed by atoms with E-state index >= 15 is 0 Å². The van der Waals surface area contributed by atoms with Crippen LogP contribution in [0.25, 0.3) is 0 Å². The average Bonchev–Trinajstić information content (AvgIpc) is 3.35. The van der Waals surface area contributed by atoms with E-state index in [4.69, 9.17) is 9.47 Å². The third-order valence-corrected chi connectivity index (χ3v) is 5.50. The van der Waals surface area contributed by atoms with Crippen LogP contribution in [0.15, 0.2) is 0 Å². The Labute approximate surface area is 175 Å². The number of amides is 2. The van der Waals surface area contributed by atoms with Gasteiger partial charge in [0, 0.05) is 6.42 Å². The van der Waals surface area contributed by atoms with Crippen LogP contribution in [0.4, 0.5) is 18.0 Å². The summed E-state index contributed by atoms with van der Waals surface area (Å²) in [5, 5.41) is 0. The predicted octanol–water partition coefficient (Wildman–Crippen LogP) is 4.85. The number of carbonyl (C=O) groups excluding carboxylic acids is 3. The molecule has 0 N–H and O–H groups in total. The van der Waals surface area contributed by atoms with Crippen LogP contribution in [0.5, 0.6) is 0 Å². The monoisotopic (exact) mass is 435 g/mol. The van der Waals surface area contributed by atoms with Crippen molar-refractivity contribution in [2.24, 2.45) is 17.8 Å². The molecule has 9 heteroatoms. The molecular formula is C21H32F3NO5. The normalized spacial score (nSPS) is 21.9. The van der Waals surface area contributed by atoms with E-state index in [1.807, 2.05) is 0 Å². The molecule has 1 saturated carbocycles. The third-order valence-electron chi connectivity index (χ3n) is 5.50. The van der Waals surface area contributed by atoms with E-state index in [9.17, 15) is 27.6 Å². The summed E-state index contributed by atoms with van der Waals surface area (Å²) >= 11 is 0. The molecular weight excluding hydrogens is 403 g/mol. The van der Waals surface area contributed by atoms with Crippen LogP contribution in [0.3, 0.4) is 0 Å². The van der Waals surface area contributed by atoms with Crippen molar-refractivity contribution < 1.29 is 37.0 Å². The molecule has 0 radical (unpaired) electrons. The van der Waals surface area contributed by atoms with Gasteiger partial charge in [-0.1, -0.05) is 19.8 Å². The summed E-state index contributed by atoms with van der Waals surface area (Å²) < 4.78 is 49.4. The van der Waals surface area contributed by atoms with Crippen LogP contribution >= 0.6 is 0 Å². The maximum absolute atomic E-state index is 13.3. The van der Waals surface area contributed by atoms with Crippen molar-refractivity contribution in [3.05, 3.63) is 0 Å². The predicted molar refractivity (Wildman–Crippen MR) is 102 cm³/mol. The summed E-state index contributed by atoms with van der Waals surface area (Å²) in [4.78, 5) is 39.2. The van der Waals surface area contributed by atoms with Crippen LogP contribution in [-0.2, 0) is 19.1 Å². The second-order valence-corrected chi connectivity index (χ2v) is 9.27. The van der Waals surface area contributed by atoms with Gasteiger partial charge in [-0.25, -0.2) is 9.69 Å². The largest absolute Gasteiger partial charge is 0.460 e. The highest BCUT2D eigenvalue weighted by molar-refractivity contribution is 5.96. The van der Waals surface area contributed by atoms with Crippen LogP contribution in [0.2, 0.25) is 0 Å². The van der Waals surface area contributed by atoms with Crippen LogP contribution in [0, 0.1) is 17.8 Å². The number of cyclic esters (lactones) is 1. The van der Waals surface area contributed by atoms with Crippen LogP contribution in [-0.4, -0.2) is 47.3 Å². The van der Waals surface area contributed by atoms with Gasteiger partial charge in [0.2, 0.25) is 5.91 Å². The van der Waals surface area contributed by atoms with E-state index in [1.54, 1.807) is 27.7 Å². The van der Waals surface area contributed by atoms with E-state index in [2.05, 4.69) is 0 Å². The van der Waals surface area contributed by atoms with E-state index in [-0.39, 0.29) is 13.0 Å². The van der Waals surface area contributed by atoms with Crippen molar-refractivity contribution in [1.82, 2.24) is 4.90 Å². The fourth-order valence-corrected chi connectivity index (χ4v) is 3.71. The van der Waals surface area contributed by atoms with Gasteiger partial charge in [-0.05, 0) is 52.4 Å². The molecule has 0 aromatic rings. The molecule has 2 amide bonds. The number of ether oxygens (including phenoxy) is 2. The second-order valence-electron chi connectivity index (χ2n) is 9.27. The van der Waals surface area contributed by atoms with Crippen molar-refractivity contribution in [3.8, 4) is 0 Å². The van der Waals surface area contributed by atoms with Gasteiger partial charge in [-0.2, -0.15) is 13.2 Å². The van der Waals surface area contributed by atoms with Gasteiger partial charge in [-0.15, -0.1) is 0 Å². The Morgan fingerprint density at radius 2 is 1.80 bits per heavy atom. The standard InChI is InChI=1S/C21H32F3NO5/c1-5-14-12-29-19(28)25(14)17(26)15(10-11-21(22,23)24)16(9-8-13-6-7-13)18(27)30-20(2,3)4/h13-16H,5-12H2,1-4H3. The summed E-state index contributed by atoms with van der Waals surface area (Å²) in [5.41, 5.74) is -0.842. The second kappa shape index (κ2) is 9.56. The zero-order valence-corrected chi connectivity index (χ0v) is 18.1. The third kappa shape index (κ3) is 7.16. The first-order chi connectivity index (χ1) is 13.8. The minimum absolute atomic E-state index is 0.00619. The Hall–Kier alpha value is -1.80. The Morgan fingerprint density at radius 1 is 1.17 bits per heavy atom. The van der Waals surface area contributed by atoms with Gasteiger partial charge < -0.3 is 9.47 Å². The lowest BCUT2D eigenvalue weighted by Gasteiger charge is -2.31. The zero-order chi connectivity index (χ0) is 22.7. The molecule has 3 unspecified atom stereocenters. The highest BCUT2D eigenvalue weighted by atomic mass is 19.4. The Bertz CT molecular complexity index is 640. The minimum atomic E-state index is -4.48. The first kappa shape index (κ1) is 24.5. The zero-order valence-electron chi connectivity index (χ0n) is 18.1. The Balaban J connectivity index is 2.31. The summed E-state index contributed by atoms with van der Waals surface area (Å²) in [6.07, 6.45) is -3.80. The van der Waals surface area contributed by atoms with E-state index in [0.29, 0.717) is 18.8 Å². The number of hydrogen-bond acceptors (Lipinski definition) is 5. The molecule has 0 aromatic heterocycles. The highest BCUT2D eigenvalue weighted by Crippen LogP contribution is 2.39. The SMILES string of the molecule is CCC1COC(=O)N1C(=O)C(CCC(F)(F)F)C(CCC1CC1)C(=O)OC(C)(C)C. The van der Waals surface area contributed by atoms with Gasteiger partial charge in [0.15, 0.2) is 0 Å². The van der Waals surface area contributed by atoms with Gasteiger partial charge in [0.25, 0.3) is 0 Å². The van der Waals surface area contributed by atoms with Crippen molar-refractivity contribution in [2.75, 3.05) is 6.61 Å². The fourth-order valence-electron chi connectivity index (χ4n) is 3.71. The molecule has 30 heavy (non-hydrogen) atoms. The lowest BCUT2D eigenvalue weighted by molar-refractivity contribution is -0.168. The molecule has 1 saturated heterocycles. The summed E-state index contributed by atoms with van der Waals surface area (Å²) in [6, 6.07) is -0.541. The molecule has 0 bridgehead atoms. The van der Waals surface area contributed by atoms with E-state index in [1.165, 1.54) is 0 Å². The molecule has 1 heterocycles. The van der Waals surface area contributed by atoms with Crippen LogP contribution < -0.4 is 0 Å². The first-order valence-corrected chi connectivity index (χ1v) is 10.6. The molecule has 1 aliphatic heterocycles. The summed E-state index contributed by atoms with van der Waals surface area (Å²) in [5.74, 6) is -3.37. The number of imide groups is 1. The van der Waals surface area contributed by atoms with Gasteiger partial charge >= 0.3 is 18.2 Å². The fraction of sp³-hybridized carbons (Fsp3) is 0.857. The first-order valence-electron chi connectivity index (χ1n) is 10.6. The van der Waals surface area contributed by atoms with Crippen molar-refractivity contribution >= 4 is 18.0 Å². The molecule has 0 aromatic carbocycles. The lowest BCUT2D eigenvalue weighted by atomic mass is 9.82. The number of rotatable bonds is 9. The minimum Gasteiger partial charge on any atom is -0.460 e. The van der Waals surface area contributed by atoms with Crippen LogP contribution in [0.1, 0.15) is 72.6 Å². The number of halogens is 3. The number of alkyl halides is 3. The molecule has 0 spiro atoms. The topological polar surface area (TPSA) is 72.9 Å². The van der Waals surface area contributed by atoms with Crippen molar-refractivity contribution in [1.29, 1.82) is 0 Å². The molecule has 2 fully saturated rings. The number of nitrogens with zero attached hydrogens (tertiary/aromatic N) is 1. The Kier molecular flexibility index (Phi) is 7.80. The molecule has 2 aliphatic rings. The molecule has 172 valence electrons. The van der Waals surface area contributed by atoms with Gasteiger partial charge in [-0.3, -0.25) is 9.59 Å². The number of esters is 1. The quantitative estimate of drug-likeness (QED) is 0.484. The summed E-state index contributed by atoms with van der Waals surface area (Å²) in [6.45, 7) is 6.77. The number of hydrogen-bond donors (Lipinski definition) is 0. The lowest BCUT2D eigenvalue weighted by Crippen LogP contribution is -2.46. The van der Waals surface area contributed by atoms with E-state index < -0.39 is 60.5 Å². The Morgan fingerprint density at radius 3 is 2.30 bits per heavy atom. The van der Waals surface area contributed by atoms with Gasteiger partial charge in [0.1, 0.15) is 12.2 Å². The molecule has 2 rings (SSSR count). The smallest absolute Gasteiger partial charge is 0.416 e. The average molecular weight is 435 g/mol. The number of carbonyl (C=O) groups is 3. The molecule has 1 aliphatic carbocycles. The van der Waals surface area contributed by atoms with Crippen molar-refractivity contribution in [2.45, 2.75) is 90.5 Å². The van der Waals surface area contributed by atoms with Crippen molar-refractivity contribution in [3.63, 3.8) is 0 Å². The molecule has 6 nitrogen and oxygen atoms in total.